The summed E-state index contributed by atoms with van der Waals surface area (Å²) in [5.74, 6) is -0.656. The highest BCUT2D eigenvalue weighted by Gasteiger charge is 2.34. The third-order valence-electron chi connectivity index (χ3n) is 4.53. The normalized spacial score (nSPS) is 17.5. The number of nitrogens with zero attached hydrogens (tertiary/aromatic N) is 2. The number of nitrogens with two attached hydrogens (primary N) is 1. The number of aryl methyl sites for hydroxylation is 1. The van der Waals surface area contributed by atoms with Crippen molar-refractivity contribution in [1.29, 1.82) is 0 Å². The molecular weight excluding hydrogens is 309 g/mol. The molecule has 2 N–H and O–H groups in total. The minimum Gasteiger partial charge on any atom is -0.338 e. The molecule has 0 aliphatic carbocycles. The monoisotopic (exact) mass is 335 g/mol. The van der Waals surface area contributed by atoms with Gasteiger partial charge in [0.1, 0.15) is 5.82 Å². The highest BCUT2D eigenvalue weighted by atomic mass is 19.1. The molecule has 1 atom stereocenters. The van der Waals surface area contributed by atoms with Gasteiger partial charge in [0.15, 0.2) is 0 Å². The fourth-order valence-corrected chi connectivity index (χ4v) is 3.01. The molecule has 2 amide bonds. The molecule has 1 aromatic rings. The van der Waals surface area contributed by atoms with E-state index in [2.05, 4.69) is 0 Å². The Kier molecular flexibility index (Phi) is 5.59. The van der Waals surface area contributed by atoms with Crippen molar-refractivity contribution in [2.45, 2.75) is 39.2 Å². The second-order valence-corrected chi connectivity index (χ2v) is 6.72. The van der Waals surface area contributed by atoms with Crippen LogP contribution >= 0.6 is 0 Å². The van der Waals surface area contributed by atoms with E-state index in [9.17, 15) is 14.0 Å². The standard InChI is InChI=1S/C18H26FN3O2/c1-4-7-18(3,20)17(24)22-10-8-21(9-11-22)16(23)14-6-5-13(2)15(19)12-14/h5-6,12H,4,7-11,20H2,1-3H3. The van der Waals surface area contributed by atoms with E-state index in [1.165, 1.54) is 6.07 Å². The van der Waals surface area contributed by atoms with Gasteiger partial charge in [0.2, 0.25) is 5.91 Å². The van der Waals surface area contributed by atoms with Gasteiger partial charge in [-0.2, -0.15) is 0 Å². The molecule has 1 unspecified atom stereocenters. The molecule has 0 spiro atoms. The molecule has 1 aliphatic rings. The zero-order chi connectivity index (χ0) is 17.9. The number of rotatable bonds is 4. The first kappa shape index (κ1) is 18.4. The lowest BCUT2D eigenvalue weighted by molar-refractivity contribution is -0.138. The topological polar surface area (TPSA) is 66.6 Å². The van der Waals surface area contributed by atoms with Crippen LogP contribution in [0.5, 0.6) is 0 Å². The summed E-state index contributed by atoms with van der Waals surface area (Å²) in [6, 6.07) is 4.51. The second kappa shape index (κ2) is 7.30. The van der Waals surface area contributed by atoms with E-state index in [0.29, 0.717) is 43.7 Å². The third-order valence-corrected chi connectivity index (χ3v) is 4.53. The molecule has 6 heteroatoms. The summed E-state index contributed by atoms with van der Waals surface area (Å²) in [4.78, 5) is 28.3. The van der Waals surface area contributed by atoms with Gasteiger partial charge in [0.05, 0.1) is 5.54 Å². The Bertz CT molecular complexity index is 623. The number of amides is 2. The minimum atomic E-state index is -0.860. The average Bonchev–Trinajstić information content (AvgIpc) is 2.56. The van der Waals surface area contributed by atoms with Crippen molar-refractivity contribution < 1.29 is 14.0 Å². The van der Waals surface area contributed by atoms with Gasteiger partial charge < -0.3 is 15.5 Å². The fraction of sp³-hybridized carbons (Fsp3) is 0.556. The predicted molar refractivity (Wildman–Crippen MR) is 91.1 cm³/mol. The molecule has 0 bridgehead atoms. The number of hydrogen-bond acceptors (Lipinski definition) is 3. The van der Waals surface area contributed by atoms with Crippen molar-refractivity contribution in [3.63, 3.8) is 0 Å². The van der Waals surface area contributed by atoms with Crippen molar-refractivity contribution in [2.75, 3.05) is 26.2 Å². The number of halogens is 1. The first-order valence-electron chi connectivity index (χ1n) is 8.40. The summed E-state index contributed by atoms with van der Waals surface area (Å²) >= 11 is 0. The summed E-state index contributed by atoms with van der Waals surface area (Å²) < 4.78 is 13.6. The highest BCUT2D eigenvalue weighted by Crippen LogP contribution is 2.17. The maximum atomic E-state index is 13.6. The van der Waals surface area contributed by atoms with Crippen LogP contribution in [0.15, 0.2) is 18.2 Å². The van der Waals surface area contributed by atoms with Gasteiger partial charge in [-0.05, 0) is 38.0 Å². The maximum absolute atomic E-state index is 13.6. The van der Waals surface area contributed by atoms with Crippen LogP contribution in [0.25, 0.3) is 0 Å². The molecule has 0 saturated carbocycles. The molecule has 1 fully saturated rings. The Labute approximate surface area is 142 Å². The van der Waals surface area contributed by atoms with Gasteiger partial charge in [-0.3, -0.25) is 9.59 Å². The van der Waals surface area contributed by atoms with Crippen molar-refractivity contribution in [1.82, 2.24) is 9.80 Å². The summed E-state index contributed by atoms with van der Waals surface area (Å²) in [7, 11) is 0. The maximum Gasteiger partial charge on any atom is 0.254 e. The summed E-state index contributed by atoms with van der Waals surface area (Å²) in [6.07, 6.45) is 1.48. The number of carbonyl (C=O) groups excluding carboxylic acids is 2. The van der Waals surface area contributed by atoms with Crippen LogP contribution in [0.2, 0.25) is 0 Å². The lowest BCUT2D eigenvalue weighted by Gasteiger charge is -2.38. The molecule has 1 aromatic carbocycles. The Morgan fingerprint density at radius 2 is 1.79 bits per heavy atom. The van der Waals surface area contributed by atoms with Gasteiger partial charge in [-0.1, -0.05) is 19.4 Å². The molecule has 1 saturated heterocycles. The summed E-state index contributed by atoms with van der Waals surface area (Å²) in [6.45, 7) is 7.19. The second-order valence-electron chi connectivity index (χ2n) is 6.72. The molecule has 1 aliphatic heterocycles. The van der Waals surface area contributed by atoms with Gasteiger partial charge in [0.25, 0.3) is 5.91 Å². The SMILES string of the molecule is CCCC(C)(N)C(=O)N1CCN(C(=O)c2ccc(C)c(F)c2)CC1. The van der Waals surface area contributed by atoms with E-state index in [1.807, 2.05) is 6.92 Å². The van der Waals surface area contributed by atoms with Crippen LogP contribution in [0.3, 0.4) is 0 Å². The van der Waals surface area contributed by atoms with Crippen molar-refractivity contribution in [2.24, 2.45) is 5.73 Å². The Balaban J connectivity index is 1.98. The zero-order valence-corrected chi connectivity index (χ0v) is 14.6. The van der Waals surface area contributed by atoms with Gasteiger partial charge in [-0.15, -0.1) is 0 Å². The zero-order valence-electron chi connectivity index (χ0n) is 14.6. The summed E-state index contributed by atoms with van der Waals surface area (Å²) in [5, 5.41) is 0. The van der Waals surface area contributed by atoms with Gasteiger partial charge >= 0.3 is 0 Å². The Morgan fingerprint density at radius 3 is 2.33 bits per heavy atom. The van der Waals surface area contributed by atoms with Crippen molar-refractivity contribution >= 4 is 11.8 Å². The molecule has 0 aromatic heterocycles. The molecule has 132 valence electrons. The third kappa shape index (κ3) is 3.93. The highest BCUT2D eigenvalue weighted by molar-refractivity contribution is 5.94. The van der Waals surface area contributed by atoms with Gasteiger partial charge in [-0.25, -0.2) is 4.39 Å². The smallest absolute Gasteiger partial charge is 0.254 e. The average molecular weight is 335 g/mol. The van der Waals surface area contributed by atoms with Crippen LogP contribution in [0.4, 0.5) is 4.39 Å². The largest absolute Gasteiger partial charge is 0.338 e. The molecule has 5 nitrogen and oxygen atoms in total. The van der Waals surface area contributed by atoms with E-state index < -0.39 is 5.54 Å². The Morgan fingerprint density at radius 1 is 1.21 bits per heavy atom. The fourth-order valence-electron chi connectivity index (χ4n) is 3.01. The summed E-state index contributed by atoms with van der Waals surface area (Å²) in [5.41, 5.74) is 6.10. The first-order valence-corrected chi connectivity index (χ1v) is 8.40. The molecule has 1 heterocycles. The number of carbonyl (C=O) groups is 2. The number of hydrogen-bond donors (Lipinski definition) is 1. The quantitative estimate of drug-likeness (QED) is 0.914. The number of benzene rings is 1. The lowest BCUT2D eigenvalue weighted by atomic mass is 9.95. The van der Waals surface area contributed by atoms with E-state index in [-0.39, 0.29) is 17.6 Å². The lowest BCUT2D eigenvalue weighted by Crippen LogP contribution is -2.58. The van der Waals surface area contributed by atoms with Gasteiger partial charge in [0, 0.05) is 31.7 Å². The van der Waals surface area contributed by atoms with E-state index in [0.717, 1.165) is 6.42 Å². The number of piperazine rings is 1. The van der Waals surface area contributed by atoms with Crippen LogP contribution in [0, 0.1) is 12.7 Å². The minimum absolute atomic E-state index is 0.0715. The van der Waals surface area contributed by atoms with Crippen LogP contribution in [-0.2, 0) is 4.79 Å². The van der Waals surface area contributed by atoms with Crippen LogP contribution < -0.4 is 5.73 Å². The molecular formula is C18H26FN3O2. The van der Waals surface area contributed by atoms with E-state index in [4.69, 9.17) is 5.73 Å². The van der Waals surface area contributed by atoms with Crippen LogP contribution in [0.1, 0.15) is 42.6 Å². The van der Waals surface area contributed by atoms with E-state index >= 15 is 0 Å². The first-order chi connectivity index (χ1) is 11.3. The molecule has 2 rings (SSSR count). The predicted octanol–water partition coefficient (Wildman–Crippen LogP) is 1.94. The van der Waals surface area contributed by atoms with Crippen molar-refractivity contribution in [3.8, 4) is 0 Å². The molecule has 24 heavy (non-hydrogen) atoms. The molecule has 0 radical (unpaired) electrons. The van der Waals surface area contributed by atoms with Crippen LogP contribution in [-0.4, -0.2) is 53.3 Å². The van der Waals surface area contributed by atoms with Crippen molar-refractivity contribution in [3.05, 3.63) is 35.1 Å². The van der Waals surface area contributed by atoms with E-state index in [1.54, 1.807) is 35.8 Å². The Hall–Kier alpha value is -1.95.